The van der Waals surface area contributed by atoms with Crippen molar-refractivity contribution in [1.82, 2.24) is 4.90 Å². The number of rotatable bonds is 3. The molecule has 2 rings (SSSR count). The van der Waals surface area contributed by atoms with Crippen LogP contribution >= 0.6 is 39.3 Å². The second-order valence-corrected chi connectivity index (χ2v) is 6.25. The molecule has 0 spiro atoms. The Kier molecular flexibility index (Phi) is 4.60. The predicted octanol–water partition coefficient (Wildman–Crippen LogP) is 2.93. The van der Waals surface area contributed by atoms with Crippen molar-refractivity contribution >= 4 is 62.5 Å². The highest BCUT2D eigenvalue weighted by Crippen LogP contribution is 2.36. The number of benzene rings is 1. The van der Waals surface area contributed by atoms with E-state index in [1.165, 1.54) is 18.2 Å². The number of carboxylic acids is 1. The lowest BCUT2D eigenvalue weighted by molar-refractivity contribution is -0.140. The Morgan fingerprint density at radius 1 is 1.43 bits per heavy atom. The van der Waals surface area contributed by atoms with E-state index < -0.39 is 23.7 Å². The molecule has 0 atom stereocenters. The van der Waals surface area contributed by atoms with Gasteiger partial charge in [0, 0.05) is 0 Å². The van der Waals surface area contributed by atoms with Crippen molar-refractivity contribution in [3.8, 4) is 5.75 Å². The summed E-state index contributed by atoms with van der Waals surface area (Å²) >= 11 is 9.57. The van der Waals surface area contributed by atoms with Crippen molar-refractivity contribution in [1.29, 1.82) is 0 Å². The molecule has 0 unspecified atom stereocenters. The maximum absolute atomic E-state index is 12.0. The summed E-state index contributed by atoms with van der Waals surface area (Å²) in [5.74, 6) is -2.07. The molecule has 0 bridgehead atoms. The SMILES string of the molecule is O=C(O)CN1C(=O)SC(=Cc2cc(Cl)c(O)c(Br)c2)C1=O. The zero-order valence-electron chi connectivity index (χ0n) is 10.2. The standard InChI is InChI=1S/C12H7BrClNO5S/c13-6-1-5(2-7(14)10(6)18)3-8-11(19)15(4-9(16)17)12(20)21-8/h1-3,18H,4H2,(H,16,17). The maximum atomic E-state index is 12.0. The van der Waals surface area contributed by atoms with Gasteiger partial charge in [-0.15, -0.1) is 0 Å². The number of imide groups is 1. The van der Waals surface area contributed by atoms with Crippen LogP contribution in [0.1, 0.15) is 5.56 Å². The first kappa shape index (κ1) is 15.9. The summed E-state index contributed by atoms with van der Waals surface area (Å²) in [5.41, 5.74) is 0.491. The van der Waals surface area contributed by atoms with E-state index in [1.54, 1.807) is 0 Å². The molecule has 1 saturated heterocycles. The molecule has 0 radical (unpaired) electrons. The van der Waals surface area contributed by atoms with E-state index in [0.29, 0.717) is 26.7 Å². The molecular formula is C12H7BrClNO5S. The van der Waals surface area contributed by atoms with Gasteiger partial charge in [0.15, 0.2) is 0 Å². The zero-order valence-corrected chi connectivity index (χ0v) is 13.3. The third-order valence-corrected chi connectivity index (χ3v) is 4.30. The van der Waals surface area contributed by atoms with Gasteiger partial charge in [0.2, 0.25) is 0 Å². The first-order chi connectivity index (χ1) is 9.79. The van der Waals surface area contributed by atoms with E-state index in [4.69, 9.17) is 16.7 Å². The largest absolute Gasteiger partial charge is 0.505 e. The molecule has 0 aromatic heterocycles. The van der Waals surface area contributed by atoms with Crippen molar-refractivity contribution in [2.45, 2.75) is 0 Å². The first-order valence-electron chi connectivity index (χ1n) is 5.44. The molecule has 6 nitrogen and oxygen atoms in total. The normalized spacial score (nSPS) is 16.9. The zero-order chi connectivity index (χ0) is 15.7. The number of phenols is 1. The molecule has 1 aromatic carbocycles. The molecule has 1 aromatic rings. The highest BCUT2D eigenvalue weighted by molar-refractivity contribution is 9.10. The lowest BCUT2D eigenvalue weighted by Crippen LogP contribution is -2.33. The lowest BCUT2D eigenvalue weighted by atomic mass is 10.2. The number of thioether (sulfide) groups is 1. The van der Waals surface area contributed by atoms with E-state index in [2.05, 4.69) is 15.9 Å². The van der Waals surface area contributed by atoms with Crippen LogP contribution in [-0.4, -0.2) is 38.8 Å². The molecule has 2 N–H and O–H groups in total. The van der Waals surface area contributed by atoms with Gasteiger partial charge in [0.25, 0.3) is 11.1 Å². The van der Waals surface area contributed by atoms with Gasteiger partial charge in [-0.1, -0.05) is 11.6 Å². The summed E-state index contributed by atoms with van der Waals surface area (Å²) in [6, 6.07) is 2.94. The number of aromatic hydroxyl groups is 1. The Labute approximate surface area is 136 Å². The predicted molar refractivity (Wildman–Crippen MR) is 81.1 cm³/mol. The van der Waals surface area contributed by atoms with Crippen LogP contribution in [0.25, 0.3) is 6.08 Å². The number of nitrogens with zero attached hydrogens (tertiary/aromatic N) is 1. The van der Waals surface area contributed by atoms with Crippen LogP contribution in [0.4, 0.5) is 4.79 Å². The number of hydrogen-bond donors (Lipinski definition) is 2. The van der Waals surface area contributed by atoms with Crippen molar-refractivity contribution in [2.24, 2.45) is 0 Å². The van der Waals surface area contributed by atoms with Gasteiger partial charge in [-0.05, 0) is 51.5 Å². The molecule has 1 fully saturated rings. The number of aliphatic carboxylic acids is 1. The van der Waals surface area contributed by atoms with Crippen LogP contribution in [0.5, 0.6) is 5.75 Å². The molecule has 110 valence electrons. The van der Waals surface area contributed by atoms with Crippen LogP contribution in [0, 0.1) is 0 Å². The maximum Gasteiger partial charge on any atom is 0.323 e. The summed E-state index contributed by atoms with van der Waals surface area (Å²) in [7, 11) is 0. The molecule has 2 amide bonds. The number of halogens is 2. The fourth-order valence-corrected chi connectivity index (χ4v) is 3.25. The van der Waals surface area contributed by atoms with E-state index in [1.807, 2.05) is 0 Å². The van der Waals surface area contributed by atoms with Crippen LogP contribution < -0.4 is 0 Å². The molecule has 1 aliphatic heterocycles. The van der Waals surface area contributed by atoms with E-state index in [-0.39, 0.29) is 15.7 Å². The van der Waals surface area contributed by atoms with Gasteiger partial charge < -0.3 is 10.2 Å². The van der Waals surface area contributed by atoms with Gasteiger partial charge in [0.05, 0.1) is 14.4 Å². The van der Waals surface area contributed by atoms with E-state index in [0.717, 1.165) is 0 Å². The molecule has 1 aliphatic rings. The summed E-state index contributed by atoms with van der Waals surface area (Å²) < 4.78 is 0.339. The van der Waals surface area contributed by atoms with E-state index in [9.17, 15) is 19.5 Å². The van der Waals surface area contributed by atoms with Crippen molar-refractivity contribution in [3.05, 3.63) is 32.1 Å². The van der Waals surface area contributed by atoms with Gasteiger partial charge in [-0.25, -0.2) is 0 Å². The minimum atomic E-state index is -1.27. The second-order valence-electron chi connectivity index (χ2n) is 3.99. The Morgan fingerprint density at radius 3 is 2.67 bits per heavy atom. The number of phenolic OH excluding ortho intramolecular Hbond substituents is 1. The monoisotopic (exact) mass is 391 g/mol. The van der Waals surface area contributed by atoms with Crippen molar-refractivity contribution in [3.63, 3.8) is 0 Å². The Hall–Kier alpha value is -1.51. The topological polar surface area (TPSA) is 94.9 Å². The smallest absolute Gasteiger partial charge is 0.323 e. The molecular weight excluding hydrogens is 386 g/mol. The summed E-state index contributed by atoms with van der Waals surface area (Å²) in [6.45, 7) is -0.679. The Morgan fingerprint density at radius 2 is 2.10 bits per heavy atom. The Balaban J connectivity index is 2.33. The van der Waals surface area contributed by atoms with Gasteiger partial charge in [-0.2, -0.15) is 0 Å². The van der Waals surface area contributed by atoms with Crippen LogP contribution in [0.15, 0.2) is 21.5 Å². The Bertz CT molecular complexity index is 667. The highest BCUT2D eigenvalue weighted by atomic mass is 79.9. The third-order valence-electron chi connectivity index (χ3n) is 2.50. The fourth-order valence-electron chi connectivity index (χ4n) is 1.59. The average Bonchev–Trinajstić information content (AvgIpc) is 2.63. The summed E-state index contributed by atoms with van der Waals surface area (Å²) in [5, 5.41) is 17.6. The minimum absolute atomic E-state index is 0.0837. The quantitative estimate of drug-likeness (QED) is 0.768. The van der Waals surface area contributed by atoms with Crippen LogP contribution in [0.3, 0.4) is 0 Å². The lowest BCUT2D eigenvalue weighted by Gasteiger charge is -2.07. The summed E-state index contributed by atoms with van der Waals surface area (Å²) in [4.78, 5) is 34.9. The number of carbonyl (C=O) groups excluding carboxylic acids is 2. The number of carbonyl (C=O) groups is 3. The number of amides is 2. The van der Waals surface area contributed by atoms with Gasteiger partial charge in [-0.3, -0.25) is 19.3 Å². The van der Waals surface area contributed by atoms with Crippen molar-refractivity contribution < 1.29 is 24.6 Å². The molecule has 1 heterocycles. The van der Waals surface area contributed by atoms with E-state index >= 15 is 0 Å². The minimum Gasteiger partial charge on any atom is -0.505 e. The molecule has 21 heavy (non-hydrogen) atoms. The molecule has 9 heteroatoms. The van der Waals surface area contributed by atoms with Crippen molar-refractivity contribution in [2.75, 3.05) is 6.54 Å². The summed E-state index contributed by atoms with van der Waals surface area (Å²) in [6.07, 6.45) is 1.41. The van der Waals surface area contributed by atoms with Crippen LogP contribution in [-0.2, 0) is 9.59 Å². The fraction of sp³-hybridized carbons (Fsp3) is 0.0833. The van der Waals surface area contributed by atoms with Crippen LogP contribution in [0.2, 0.25) is 5.02 Å². The first-order valence-corrected chi connectivity index (χ1v) is 7.43. The second kappa shape index (κ2) is 6.08. The number of hydrogen-bond acceptors (Lipinski definition) is 5. The average molecular weight is 393 g/mol. The molecule has 0 aliphatic carbocycles. The third kappa shape index (κ3) is 3.39. The van der Waals surface area contributed by atoms with Gasteiger partial charge >= 0.3 is 5.97 Å². The number of carboxylic acid groups (broad SMARTS) is 1. The van der Waals surface area contributed by atoms with Gasteiger partial charge in [0.1, 0.15) is 12.3 Å². The highest BCUT2D eigenvalue weighted by Gasteiger charge is 2.36. The molecule has 0 saturated carbocycles.